The Balaban J connectivity index is 2.39. The summed E-state index contributed by atoms with van der Waals surface area (Å²) in [5.41, 5.74) is 0.754. The fourth-order valence-electron chi connectivity index (χ4n) is 1.55. The molecule has 0 aliphatic heterocycles. The Morgan fingerprint density at radius 3 is 2.94 bits per heavy atom. The first kappa shape index (κ1) is 12.8. The van der Waals surface area contributed by atoms with Crippen molar-refractivity contribution in [1.29, 1.82) is 5.26 Å². The fourth-order valence-corrected chi connectivity index (χ4v) is 3.45. The van der Waals surface area contributed by atoms with Crippen LogP contribution in [-0.4, -0.2) is 12.6 Å². The van der Waals surface area contributed by atoms with E-state index in [2.05, 4.69) is 6.07 Å². The van der Waals surface area contributed by atoms with Crippen molar-refractivity contribution in [3.8, 4) is 15.8 Å². The minimum Gasteiger partial charge on any atom is -0.462 e. The van der Waals surface area contributed by atoms with Gasteiger partial charge in [0.1, 0.15) is 4.88 Å². The van der Waals surface area contributed by atoms with E-state index in [1.807, 2.05) is 23.6 Å². The van der Waals surface area contributed by atoms with E-state index in [4.69, 9.17) is 10.00 Å². The van der Waals surface area contributed by atoms with Crippen LogP contribution >= 0.6 is 22.7 Å². The molecule has 0 aliphatic rings. The quantitative estimate of drug-likeness (QED) is 0.800. The lowest BCUT2D eigenvalue weighted by Crippen LogP contribution is -2.04. The van der Waals surface area contributed by atoms with Crippen LogP contribution in [0.4, 0.5) is 0 Å². The second kappa shape index (κ2) is 5.80. The topological polar surface area (TPSA) is 50.1 Å². The minimum atomic E-state index is -0.337. The number of esters is 1. The van der Waals surface area contributed by atoms with Crippen molar-refractivity contribution in [3.05, 3.63) is 34.0 Å². The standard InChI is InChI=1S/C13H11NO2S2/c1-2-16-13(15)12-9(5-6-14)8-11(18-12)10-4-3-7-17-10/h3-4,7-8H,2,5H2,1H3. The molecule has 18 heavy (non-hydrogen) atoms. The number of hydrogen-bond acceptors (Lipinski definition) is 5. The molecule has 3 nitrogen and oxygen atoms in total. The van der Waals surface area contributed by atoms with Gasteiger partial charge in [-0.15, -0.1) is 22.7 Å². The first-order chi connectivity index (χ1) is 8.76. The van der Waals surface area contributed by atoms with Crippen LogP contribution in [0.1, 0.15) is 22.2 Å². The van der Waals surface area contributed by atoms with E-state index in [0.717, 1.165) is 15.3 Å². The predicted octanol–water partition coefficient (Wildman–Crippen LogP) is 3.72. The molecular formula is C13H11NO2S2. The zero-order valence-electron chi connectivity index (χ0n) is 9.80. The van der Waals surface area contributed by atoms with Gasteiger partial charge in [-0.05, 0) is 30.0 Å². The van der Waals surface area contributed by atoms with Crippen LogP contribution in [0.2, 0.25) is 0 Å². The second-order valence-corrected chi connectivity index (χ2v) is 5.50. The van der Waals surface area contributed by atoms with Crippen molar-refractivity contribution < 1.29 is 9.53 Å². The summed E-state index contributed by atoms with van der Waals surface area (Å²) in [4.78, 5) is 14.5. The first-order valence-electron chi connectivity index (χ1n) is 5.47. The Bertz CT molecular complexity index is 579. The number of rotatable bonds is 4. The summed E-state index contributed by atoms with van der Waals surface area (Å²) >= 11 is 3.01. The molecule has 2 heterocycles. The molecule has 0 spiro atoms. The molecule has 92 valence electrons. The number of carbonyl (C=O) groups is 1. The minimum absolute atomic E-state index is 0.232. The van der Waals surface area contributed by atoms with Gasteiger partial charge >= 0.3 is 5.97 Å². The van der Waals surface area contributed by atoms with E-state index in [-0.39, 0.29) is 12.4 Å². The molecule has 0 aromatic carbocycles. The molecule has 0 atom stereocenters. The van der Waals surface area contributed by atoms with Crippen LogP contribution < -0.4 is 0 Å². The Morgan fingerprint density at radius 2 is 2.33 bits per heavy atom. The van der Waals surface area contributed by atoms with Gasteiger partial charge in [-0.25, -0.2) is 4.79 Å². The lowest BCUT2D eigenvalue weighted by Gasteiger charge is -1.99. The molecule has 0 saturated heterocycles. The second-order valence-electron chi connectivity index (χ2n) is 3.50. The molecule has 2 aromatic rings. The van der Waals surface area contributed by atoms with E-state index in [1.165, 1.54) is 11.3 Å². The molecule has 0 radical (unpaired) electrons. The highest BCUT2D eigenvalue weighted by molar-refractivity contribution is 7.22. The number of nitriles is 1. The van der Waals surface area contributed by atoms with E-state index < -0.39 is 0 Å². The molecule has 0 bridgehead atoms. The Morgan fingerprint density at radius 1 is 1.50 bits per heavy atom. The number of hydrogen-bond donors (Lipinski definition) is 0. The average Bonchev–Trinajstić information content (AvgIpc) is 2.97. The van der Waals surface area contributed by atoms with Gasteiger partial charge < -0.3 is 4.74 Å². The van der Waals surface area contributed by atoms with Gasteiger partial charge in [0.05, 0.1) is 19.1 Å². The Kier molecular flexibility index (Phi) is 4.13. The third-order valence-corrected chi connectivity index (χ3v) is 4.53. The van der Waals surface area contributed by atoms with Crippen molar-refractivity contribution in [2.75, 3.05) is 6.61 Å². The molecule has 5 heteroatoms. The van der Waals surface area contributed by atoms with Crippen LogP contribution in [0, 0.1) is 11.3 Å². The smallest absolute Gasteiger partial charge is 0.348 e. The molecule has 2 rings (SSSR count). The van der Waals surface area contributed by atoms with Crippen LogP contribution in [0.25, 0.3) is 9.75 Å². The number of carbonyl (C=O) groups excluding carboxylic acids is 1. The van der Waals surface area contributed by atoms with Gasteiger partial charge in [-0.2, -0.15) is 5.26 Å². The summed E-state index contributed by atoms with van der Waals surface area (Å²) in [7, 11) is 0. The van der Waals surface area contributed by atoms with Gasteiger partial charge in [-0.1, -0.05) is 6.07 Å². The maximum atomic E-state index is 11.8. The molecule has 2 aromatic heterocycles. The van der Waals surface area contributed by atoms with Crippen LogP contribution in [0.15, 0.2) is 23.6 Å². The van der Waals surface area contributed by atoms with Crippen molar-refractivity contribution in [2.45, 2.75) is 13.3 Å². The van der Waals surface area contributed by atoms with Crippen molar-refractivity contribution in [1.82, 2.24) is 0 Å². The Hall–Kier alpha value is -1.64. The third-order valence-electron chi connectivity index (χ3n) is 2.30. The van der Waals surface area contributed by atoms with E-state index in [0.29, 0.717) is 11.5 Å². The van der Waals surface area contributed by atoms with Crippen LogP contribution in [0.5, 0.6) is 0 Å². The SMILES string of the molecule is CCOC(=O)c1sc(-c2cccs2)cc1CC#N. The van der Waals surface area contributed by atoms with E-state index in [1.54, 1.807) is 18.3 Å². The number of nitrogens with zero attached hydrogens (tertiary/aromatic N) is 1. The van der Waals surface area contributed by atoms with Gasteiger partial charge in [-0.3, -0.25) is 0 Å². The van der Waals surface area contributed by atoms with Crippen molar-refractivity contribution in [2.24, 2.45) is 0 Å². The predicted molar refractivity (Wildman–Crippen MR) is 72.9 cm³/mol. The lowest BCUT2D eigenvalue weighted by molar-refractivity contribution is 0.0531. The van der Waals surface area contributed by atoms with Crippen molar-refractivity contribution >= 4 is 28.6 Å². The third kappa shape index (κ3) is 2.61. The van der Waals surface area contributed by atoms with E-state index >= 15 is 0 Å². The van der Waals surface area contributed by atoms with Gasteiger partial charge in [0, 0.05) is 9.75 Å². The molecule has 0 N–H and O–H groups in total. The summed E-state index contributed by atoms with van der Waals surface area (Å²) in [6.07, 6.45) is 0.232. The first-order valence-corrected chi connectivity index (χ1v) is 7.16. The van der Waals surface area contributed by atoms with E-state index in [9.17, 15) is 4.79 Å². The van der Waals surface area contributed by atoms with Gasteiger partial charge in [0.15, 0.2) is 0 Å². The summed E-state index contributed by atoms with van der Waals surface area (Å²) in [5, 5.41) is 10.8. The lowest BCUT2D eigenvalue weighted by atomic mass is 10.2. The highest BCUT2D eigenvalue weighted by Crippen LogP contribution is 2.34. The zero-order valence-corrected chi connectivity index (χ0v) is 11.4. The number of ether oxygens (including phenoxy) is 1. The molecule has 0 saturated carbocycles. The maximum Gasteiger partial charge on any atom is 0.348 e. The summed E-state index contributed by atoms with van der Waals surface area (Å²) in [5.74, 6) is -0.337. The summed E-state index contributed by atoms with van der Waals surface area (Å²) < 4.78 is 5.01. The van der Waals surface area contributed by atoms with Gasteiger partial charge in [0.25, 0.3) is 0 Å². The largest absolute Gasteiger partial charge is 0.462 e. The molecule has 0 aliphatic carbocycles. The van der Waals surface area contributed by atoms with Gasteiger partial charge in [0.2, 0.25) is 0 Å². The zero-order chi connectivity index (χ0) is 13.0. The Labute approximate surface area is 113 Å². The summed E-state index contributed by atoms with van der Waals surface area (Å²) in [6, 6.07) is 7.96. The highest BCUT2D eigenvalue weighted by atomic mass is 32.1. The average molecular weight is 277 g/mol. The highest BCUT2D eigenvalue weighted by Gasteiger charge is 2.18. The van der Waals surface area contributed by atoms with Crippen LogP contribution in [0.3, 0.4) is 0 Å². The molecular weight excluding hydrogens is 266 g/mol. The van der Waals surface area contributed by atoms with Crippen LogP contribution in [-0.2, 0) is 11.2 Å². The number of thiophene rings is 2. The normalized spacial score (nSPS) is 10.0. The molecule has 0 fully saturated rings. The fraction of sp³-hybridized carbons (Fsp3) is 0.231. The maximum absolute atomic E-state index is 11.8. The molecule has 0 unspecified atom stereocenters. The van der Waals surface area contributed by atoms with Crippen molar-refractivity contribution in [3.63, 3.8) is 0 Å². The monoisotopic (exact) mass is 277 g/mol. The molecule has 0 amide bonds. The summed E-state index contributed by atoms with van der Waals surface area (Å²) in [6.45, 7) is 2.12.